The average Bonchev–Trinajstić information content (AvgIpc) is 2.46. The van der Waals surface area contributed by atoms with E-state index in [1.54, 1.807) is 0 Å². The molecule has 0 aromatic carbocycles. The minimum atomic E-state index is 0.0853. The van der Waals surface area contributed by atoms with Crippen molar-refractivity contribution in [3.63, 3.8) is 0 Å². The number of hydrogen-bond donors (Lipinski definition) is 2. The fraction of sp³-hybridized carbons (Fsp3) is 0.800. The fourth-order valence-corrected chi connectivity index (χ4v) is 5.44. The van der Waals surface area contributed by atoms with Gasteiger partial charge < -0.3 is 10.2 Å². The molecule has 2 saturated carbocycles. The van der Waals surface area contributed by atoms with E-state index in [0.717, 1.165) is 25.7 Å². The Labute approximate surface area is 136 Å². The molecule has 0 aliphatic heterocycles. The number of fused-ring (bicyclic) bond motifs is 1. The van der Waals surface area contributed by atoms with E-state index in [2.05, 4.69) is 27.4 Å². The summed E-state index contributed by atoms with van der Waals surface area (Å²) in [6.45, 7) is 11.7. The van der Waals surface area contributed by atoms with Crippen LogP contribution >= 0.6 is 0 Å². The van der Waals surface area contributed by atoms with Gasteiger partial charge in [0.05, 0.1) is 6.61 Å². The first kappa shape index (κ1) is 17.7. The summed E-state index contributed by atoms with van der Waals surface area (Å²) in [6, 6.07) is 0. The summed E-state index contributed by atoms with van der Waals surface area (Å²) in [4.78, 5) is 0. The van der Waals surface area contributed by atoms with Crippen LogP contribution in [0.5, 0.6) is 0 Å². The lowest BCUT2D eigenvalue weighted by molar-refractivity contribution is -0.0858. The van der Waals surface area contributed by atoms with Crippen molar-refractivity contribution >= 4 is 0 Å². The highest BCUT2D eigenvalue weighted by Gasteiger charge is 2.53. The Balaban J connectivity index is 2.20. The highest BCUT2D eigenvalue weighted by Crippen LogP contribution is 2.61. The number of aliphatic hydroxyl groups is 2. The first-order valence-corrected chi connectivity index (χ1v) is 8.92. The van der Waals surface area contributed by atoms with Crippen molar-refractivity contribution < 1.29 is 10.2 Å². The van der Waals surface area contributed by atoms with Gasteiger partial charge >= 0.3 is 0 Å². The first-order chi connectivity index (χ1) is 10.4. The SMILES string of the molecule is C=C1CC[C@@H]2[C@@](C)(CO)CCC[C@]2(C)[C@H]1CC/C(C)=C\CO. The summed E-state index contributed by atoms with van der Waals surface area (Å²) in [6.07, 6.45) is 10.0. The van der Waals surface area contributed by atoms with Crippen LogP contribution in [-0.4, -0.2) is 23.4 Å². The molecule has 2 aliphatic carbocycles. The van der Waals surface area contributed by atoms with Crippen molar-refractivity contribution in [2.45, 2.75) is 65.7 Å². The zero-order chi connectivity index (χ0) is 16.4. The van der Waals surface area contributed by atoms with Gasteiger partial charge in [-0.3, -0.25) is 0 Å². The molecule has 0 heterocycles. The maximum atomic E-state index is 9.98. The van der Waals surface area contributed by atoms with Gasteiger partial charge in [-0.25, -0.2) is 0 Å². The second-order valence-electron chi connectivity index (χ2n) is 8.25. The molecule has 2 rings (SSSR count). The van der Waals surface area contributed by atoms with Gasteiger partial charge in [0.1, 0.15) is 0 Å². The quantitative estimate of drug-likeness (QED) is 0.735. The van der Waals surface area contributed by atoms with E-state index in [1.807, 2.05) is 6.08 Å². The van der Waals surface area contributed by atoms with Gasteiger partial charge in [-0.15, -0.1) is 0 Å². The molecule has 4 atom stereocenters. The molecule has 2 N–H and O–H groups in total. The number of rotatable bonds is 5. The maximum Gasteiger partial charge on any atom is 0.0614 e. The highest BCUT2D eigenvalue weighted by atomic mass is 16.3. The van der Waals surface area contributed by atoms with Crippen molar-refractivity contribution in [3.05, 3.63) is 23.8 Å². The molecule has 2 aliphatic rings. The third-order valence-corrected chi connectivity index (χ3v) is 6.77. The monoisotopic (exact) mass is 306 g/mol. The molecule has 0 unspecified atom stereocenters. The van der Waals surface area contributed by atoms with E-state index < -0.39 is 0 Å². The molecule has 0 saturated heterocycles. The van der Waals surface area contributed by atoms with Crippen molar-refractivity contribution in [2.24, 2.45) is 22.7 Å². The van der Waals surface area contributed by atoms with Crippen LogP contribution in [0.3, 0.4) is 0 Å². The molecule has 0 aromatic rings. The fourth-order valence-electron chi connectivity index (χ4n) is 5.44. The lowest BCUT2D eigenvalue weighted by atomic mass is 9.47. The van der Waals surface area contributed by atoms with Gasteiger partial charge in [0.25, 0.3) is 0 Å². The summed E-state index contributed by atoms with van der Waals surface area (Å²) < 4.78 is 0. The Morgan fingerprint density at radius 3 is 2.68 bits per heavy atom. The summed E-state index contributed by atoms with van der Waals surface area (Å²) in [7, 11) is 0. The van der Waals surface area contributed by atoms with Crippen molar-refractivity contribution in [1.29, 1.82) is 0 Å². The van der Waals surface area contributed by atoms with E-state index in [-0.39, 0.29) is 17.4 Å². The summed E-state index contributed by atoms with van der Waals surface area (Å²) in [5, 5.41) is 19.0. The van der Waals surface area contributed by atoms with Crippen LogP contribution in [0.25, 0.3) is 0 Å². The molecule has 2 fully saturated rings. The Morgan fingerprint density at radius 1 is 1.32 bits per heavy atom. The molecule has 2 heteroatoms. The second kappa shape index (κ2) is 6.88. The normalized spacial score (nSPS) is 39.7. The van der Waals surface area contributed by atoms with Crippen LogP contribution in [0.4, 0.5) is 0 Å². The highest BCUT2D eigenvalue weighted by molar-refractivity contribution is 5.17. The smallest absolute Gasteiger partial charge is 0.0614 e. The lowest BCUT2D eigenvalue weighted by Gasteiger charge is -2.58. The Morgan fingerprint density at radius 2 is 2.05 bits per heavy atom. The molecule has 0 spiro atoms. The van der Waals surface area contributed by atoms with E-state index in [9.17, 15) is 5.11 Å². The molecule has 2 nitrogen and oxygen atoms in total. The number of allylic oxidation sites excluding steroid dienone is 2. The molecule has 0 bridgehead atoms. The maximum absolute atomic E-state index is 9.98. The third-order valence-electron chi connectivity index (χ3n) is 6.77. The van der Waals surface area contributed by atoms with Crippen LogP contribution in [0.2, 0.25) is 0 Å². The Hall–Kier alpha value is -0.600. The first-order valence-electron chi connectivity index (χ1n) is 8.92. The molecule has 22 heavy (non-hydrogen) atoms. The average molecular weight is 306 g/mol. The van der Waals surface area contributed by atoms with Crippen molar-refractivity contribution in [2.75, 3.05) is 13.2 Å². The molecular formula is C20H34O2. The number of aliphatic hydroxyl groups excluding tert-OH is 2. The van der Waals surface area contributed by atoms with Gasteiger partial charge in [-0.2, -0.15) is 0 Å². The zero-order valence-corrected chi connectivity index (χ0v) is 14.7. The zero-order valence-electron chi connectivity index (χ0n) is 14.7. The predicted octanol–water partition coefficient (Wildman–Crippen LogP) is 4.48. The van der Waals surface area contributed by atoms with Gasteiger partial charge in [0.2, 0.25) is 0 Å². The Kier molecular flexibility index (Phi) is 5.55. The second-order valence-corrected chi connectivity index (χ2v) is 8.25. The molecule has 126 valence electrons. The van der Waals surface area contributed by atoms with Gasteiger partial charge in [-0.1, -0.05) is 44.1 Å². The van der Waals surface area contributed by atoms with Crippen LogP contribution in [0.15, 0.2) is 23.8 Å². The predicted molar refractivity (Wildman–Crippen MR) is 92.6 cm³/mol. The number of hydrogen-bond acceptors (Lipinski definition) is 2. The topological polar surface area (TPSA) is 40.5 Å². The van der Waals surface area contributed by atoms with Crippen LogP contribution < -0.4 is 0 Å². The van der Waals surface area contributed by atoms with Gasteiger partial charge in [0, 0.05) is 6.61 Å². The van der Waals surface area contributed by atoms with E-state index >= 15 is 0 Å². The van der Waals surface area contributed by atoms with E-state index in [4.69, 9.17) is 5.11 Å². The molecule has 0 aromatic heterocycles. The van der Waals surface area contributed by atoms with Gasteiger partial charge in [0.15, 0.2) is 0 Å². The lowest BCUT2D eigenvalue weighted by Crippen LogP contribution is -2.51. The summed E-state index contributed by atoms with van der Waals surface area (Å²) in [5.74, 6) is 1.16. The van der Waals surface area contributed by atoms with Crippen LogP contribution in [-0.2, 0) is 0 Å². The standard InChI is InChI=1S/C20H34O2/c1-15(10-13-21)6-8-17-16(2)7-9-18-19(3,14-22)11-5-12-20(17,18)4/h10,17-18,21-22H,2,5-9,11-14H2,1,3-4H3/b15-10-/t17-,18+,19+,20+/m0/s1. The van der Waals surface area contributed by atoms with E-state index in [1.165, 1.54) is 30.4 Å². The molecule has 0 amide bonds. The molecule has 0 radical (unpaired) electrons. The van der Waals surface area contributed by atoms with Crippen molar-refractivity contribution in [1.82, 2.24) is 0 Å². The van der Waals surface area contributed by atoms with Crippen molar-refractivity contribution in [3.8, 4) is 0 Å². The van der Waals surface area contributed by atoms with Crippen LogP contribution in [0, 0.1) is 22.7 Å². The molecular weight excluding hydrogens is 272 g/mol. The van der Waals surface area contributed by atoms with Gasteiger partial charge in [-0.05, 0) is 68.1 Å². The Bertz CT molecular complexity index is 439. The largest absolute Gasteiger partial charge is 0.396 e. The minimum absolute atomic E-state index is 0.0853. The summed E-state index contributed by atoms with van der Waals surface area (Å²) >= 11 is 0. The third kappa shape index (κ3) is 3.19. The van der Waals surface area contributed by atoms with E-state index in [0.29, 0.717) is 18.4 Å². The minimum Gasteiger partial charge on any atom is -0.396 e. The van der Waals surface area contributed by atoms with Crippen LogP contribution in [0.1, 0.15) is 65.7 Å². The summed E-state index contributed by atoms with van der Waals surface area (Å²) in [5.41, 5.74) is 3.06.